The van der Waals surface area contributed by atoms with Gasteiger partial charge in [0, 0.05) is 12.8 Å². The van der Waals surface area contributed by atoms with Crippen LogP contribution in [0.1, 0.15) is 61.7 Å². The third-order valence-electron chi connectivity index (χ3n) is 3.87. The number of aromatic nitrogens is 1. The first-order chi connectivity index (χ1) is 11.2. The molecule has 1 aromatic carbocycles. The Hall–Kier alpha value is -2.10. The van der Waals surface area contributed by atoms with E-state index in [-0.39, 0.29) is 5.78 Å². The topological polar surface area (TPSA) is 52.3 Å². The van der Waals surface area contributed by atoms with Crippen LogP contribution in [-0.2, 0) is 13.0 Å². The minimum absolute atomic E-state index is 0.0213. The van der Waals surface area contributed by atoms with Crippen molar-refractivity contribution in [3.05, 3.63) is 47.2 Å². The molecule has 0 saturated carbocycles. The van der Waals surface area contributed by atoms with Crippen molar-refractivity contribution >= 4 is 5.78 Å². The van der Waals surface area contributed by atoms with E-state index in [1.807, 2.05) is 37.3 Å². The van der Waals surface area contributed by atoms with E-state index in [1.54, 1.807) is 0 Å². The maximum absolute atomic E-state index is 12.3. The molecule has 2 aromatic rings. The Kier molecular flexibility index (Phi) is 6.39. The minimum atomic E-state index is 0.0213. The summed E-state index contributed by atoms with van der Waals surface area (Å²) in [5.41, 5.74) is 1.55. The van der Waals surface area contributed by atoms with E-state index in [0.29, 0.717) is 36.1 Å². The zero-order valence-corrected chi connectivity index (χ0v) is 14.2. The smallest absolute Gasteiger partial charge is 0.265 e. The van der Waals surface area contributed by atoms with Crippen LogP contribution in [0.2, 0.25) is 0 Å². The fourth-order valence-electron chi connectivity index (χ4n) is 2.63. The number of benzene rings is 1. The van der Waals surface area contributed by atoms with E-state index in [0.717, 1.165) is 24.8 Å². The van der Waals surface area contributed by atoms with Gasteiger partial charge in [-0.25, -0.2) is 0 Å². The van der Waals surface area contributed by atoms with Crippen molar-refractivity contribution < 1.29 is 14.1 Å². The summed E-state index contributed by atoms with van der Waals surface area (Å²) in [7, 11) is 0. The molecule has 0 fully saturated rings. The van der Waals surface area contributed by atoms with Crippen LogP contribution < -0.4 is 4.74 Å². The Morgan fingerprint density at radius 3 is 2.65 bits per heavy atom. The molecule has 0 aliphatic rings. The standard InChI is InChI=1S/C19H25NO3/c1-4-9-14(3)12-17-18(16(21)5-2)19(20-23-17)22-13-15-10-7-6-8-11-15/h6-8,10-11,14H,4-5,9,12-13H2,1-3H3. The second kappa shape index (κ2) is 8.51. The lowest BCUT2D eigenvalue weighted by Gasteiger charge is -2.08. The van der Waals surface area contributed by atoms with E-state index in [1.165, 1.54) is 0 Å². The molecule has 0 amide bonds. The van der Waals surface area contributed by atoms with Gasteiger partial charge in [0.15, 0.2) is 11.5 Å². The molecule has 1 heterocycles. The molecule has 124 valence electrons. The summed E-state index contributed by atoms with van der Waals surface area (Å²) in [4.78, 5) is 12.3. The monoisotopic (exact) mass is 315 g/mol. The third kappa shape index (κ3) is 4.68. The van der Waals surface area contributed by atoms with Gasteiger partial charge in [-0.3, -0.25) is 4.79 Å². The second-order valence-corrected chi connectivity index (χ2v) is 5.93. The third-order valence-corrected chi connectivity index (χ3v) is 3.87. The van der Waals surface area contributed by atoms with E-state index >= 15 is 0 Å². The molecule has 1 unspecified atom stereocenters. The van der Waals surface area contributed by atoms with Crippen molar-refractivity contribution in [2.75, 3.05) is 0 Å². The number of hydrogen-bond donors (Lipinski definition) is 0. The highest BCUT2D eigenvalue weighted by Gasteiger charge is 2.24. The van der Waals surface area contributed by atoms with Gasteiger partial charge in [0.2, 0.25) is 0 Å². The number of ether oxygens (including phenoxy) is 1. The summed E-state index contributed by atoms with van der Waals surface area (Å²) >= 11 is 0. The molecule has 0 bridgehead atoms. The SMILES string of the molecule is CCCC(C)Cc1onc(OCc2ccccc2)c1C(=O)CC. The van der Waals surface area contributed by atoms with Crippen LogP contribution in [0.3, 0.4) is 0 Å². The first-order valence-electron chi connectivity index (χ1n) is 8.34. The van der Waals surface area contributed by atoms with Crippen molar-refractivity contribution in [1.29, 1.82) is 0 Å². The van der Waals surface area contributed by atoms with Gasteiger partial charge in [0.05, 0.1) is 0 Å². The summed E-state index contributed by atoms with van der Waals surface area (Å²) in [5, 5.41) is 4.00. The van der Waals surface area contributed by atoms with Crippen LogP contribution in [-0.4, -0.2) is 10.9 Å². The lowest BCUT2D eigenvalue weighted by atomic mass is 9.97. The Bertz CT molecular complexity index is 619. The Morgan fingerprint density at radius 2 is 2.00 bits per heavy atom. The number of carbonyl (C=O) groups excluding carboxylic acids is 1. The molecule has 2 rings (SSSR count). The summed E-state index contributed by atoms with van der Waals surface area (Å²) in [6.07, 6.45) is 3.35. The predicted molar refractivity (Wildman–Crippen MR) is 89.7 cm³/mol. The molecule has 4 nitrogen and oxygen atoms in total. The molecule has 4 heteroatoms. The van der Waals surface area contributed by atoms with Gasteiger partial charge in [-0.1, -0.05) is 63.9 Å². The van der Waals surface area contributed by atoms with Crippen LogP contribution >= 0.6 is 0 Å². The van der Waals surface area contributed by atoms with E-state index in [2.05, 4.69) is 19.0 Å². The Morgan fingerprint density at radius 1 is 1.26 bits per heavy atom. The molecular formula is C19H25NO3. The summed E-state index contributed by atoms with van der Waals surface area (Å²) in [6.45, 7) is 6.54. The predicted octanol–water partition coefficient (Wildman–Crippen LogP) is 4.83. The van der Waals surface area contributed by atoms with Gasteiger partial charge in [-0.15, -0.1) is 0 Å². The molecule has 0 N–H and O–H groups in total. The van der Waals surface area contributed by atoms with E-state index in [4.69, 9.17) is 9.26 Å². The quantitative estimate of drug-likeness (QED) is 0.622. The number of rotatable bonds is 9. The van der Waals surface area contributed by atoms with E-state index < -0.39 is 0 Å². The summed E-state index contributed by atoms with van der Waals surface area (Å²) in [6, 6.07) is 9.82. The van der Waals surface area contributed by atoms with Gasteiger partial charge in [0.25, 0.3) is 5.88 Å². The summed E-state index contributed by atoms with van der Waals surface area (Å²) in [5.74, 6) is 1.45. The van der Waals surface area contributed by atoms with Crippen LogP contribution in [0.25, 0.3) is 0 Å². The first-order valence-corrected chi connectivity index (χ1v) is 8.34. The average Bonchev–Trinajstić information content (AvgIpc) is 2.96. The van der Waals surface area contributed by atoms with Crippen LogP contribution in [0.15, 0.2) is 34.9 Å². The maximum atomic E-state index is 12.3. The zero-order valence-electron chi connectivity index (χ0n) is 14.2. The van der Waals surface area contributed by atoms with Gasteiger partial charge >= 0.3 is 0 Å². The minimum Gasteiger partial charge on any atom is -0.470 e. The number of ketones is 1. The zero-order chi connectivity index (χ0) is 16.7. The van der Waals surface area contributed by atoms with Crippen molar-refractivity contribution in [2.45, 2.75) is 53.1 Å². The second-order valence-electron chi connectivity index (χ2n) is 5.93. The van der Waals surface area contributed by atoms with Crippen LogP contribution in [0.5, 0.6) is 5.88 Å². The van der Waals surface area contributed by atoms with Crippen molar-refractivity contribution in [3.63, 3.8) is 0 Å². The normalized spacial score (nSPS) is 12.1. The van der Waals surface area contributed by atoms with Gasteiger partial charge in [0.1, 0.15) is 12.2 Å². The number of hydrogen-bond acceptors (Lipinski definition) is 4. The number of nitrogens with zero attached hydrogens (tertiary/aromatic N) is 1. The number of Topliss-reactive ketones (excluding diaryl/α,β-unsaturated/α-hetero) is 1. The lowest BCUT2D eigenvalue weighted by Crippen LogP contribution is -2.07. The lowest BCUT2D eigenvalue weighted by molar-refractivity contribution is 0.0982. The van der Waals surface area contributed by atoms with Gasteiger partial charge in [-0.05, 0) is 16.6 Å². The van der Waals surface area contributed by atoms with Gasteiger partial charge < -0.3 is 9.26 Å². The van der Waals surface area contributed by atoms with Crippen molar-refractivity contribution in [2.24, 2.45) is 5.92 Å². The highest BCUT2D eigenvalue weighted by atomic mass is 16.5. The van der Waals surface area contributed by atoms with Crippen LogP contribution in [0.4, 0.5) is 0 Å². The molecule has 1 aromatic heterocycles. The summed E-state index contributed by atoms with van der Waals surface area (Å²) < 4.78 is 11.2. The average molecular weight is 315 g/mol. The fourth-order valence-corrected chi connectivity index (χ4v) is 2.63. The fraction of sp³-hybridized carbons (Fsp3) is 0.474. The van der Waals surface area contributed by atoms with Crippen LogP contribution in [0, 0.1) is 5.92 Å². The molecule has 0 saturated heterocycles. The van der Waals surface area contributed by atoms with Crippen molar-refractivity contribution in [1.82, 2.24) is 5.16 Å². The molecule has 0 aliphatic carbocycles. The molecule has 23 heavy (non-hydrogen) atoms. The Labute approximate surface area is 137 Å². The highest BCUT2D eigenvalue weighted by molar-refractivity contribution is 5.98. The molecule has 0 radical (unpaired) electrons. The van der Waals surface area contributed by atoms with Crippen molar-refractivity contribution in [3.8, 4) is 5.88 Å². The van der Waals surface area contributed by atoms with E-state index in [9.17, 15) is 4.79 Å². The maximum Gasteiger partial charge on any atom is 0.265 e. The molecule has 0 spiro atoms. The Balaban J connectivity index is 2.15. The largest absolute Gasteiger partial charge is 0.470 e. The first kappa shape index (κ1) is 17.3. The molecular weight excluding hydrogens is 290 g/mol. The number of carbonyl (C=O) groups is 1. The molecule has 1 atom stereocenters. The highest BCUT2D eigenvalue weighted by Crippen LogP contribution is 2.27. The van der Waals surface area contributed by atoms with Gasteiger partial charge in [-0.2, -0.15) is 0 Å². The molecule has 0 aliphatic heterocycles.